The van der Waals surface area contributed by atoms with E-state index in [1.807, 2.05) is 6.92 Å². The standard InChI is InChI=1S/C10H10F2N2O/c1-3-14(2)10-7-4-6(11)5-8(12)9(7)15-13-10/h4-5H,3H2,1-2H3. The third-order valence-corrected chi connectivity index (χ3v) is 2.31. The number of halogens is 2. The minimum Gasteiger partial charge on any atom is -0.357 e. The third-order valence-electron chi connectivity index (χ3n) is 2.31. The van der Waals surface area contributed by atoms with Crippen molar-refractivity contribution in [3.8, 4) is 0 Å². The molecule has 2 rings (SSSR count). The number of rotatable bonds is 2. The quantitative estimate of drug-likeness (QED) is 0.766. The van der Waals surface area contributed by atoms with Crippen molar-refractivity contribution in [1.82, 2.24) is 5.16 Å². The molecule has 0 fully saturated rings. The van der Waals surface area contributed by atoms with E-state index in [4.69, 9.17) is 4.52 Å². The molecule has 0 atom stereocenters. The zero-order chi connectivity index (χ0) is 11.0. The number of hydrogen-bond acceptors (Lipinski definition) is 3. The van der Waals surface area contributed by atoms with Crippen LogP contribution in [0.5, 0.6) is 0 Å². The van der Waals surface area contributed by atoms with Gasteiger partial charge >= 0.3 is 0 Å². The van der Waals surface area contributed by atoms with Gasteiger partial charge in [-0.3, -0.25) is 0 Å². The molecule has 5 heteroatoms. The van der Waals surface area contributed by atoms with Crippen molar-refractivity contribution in [1.29, 1.82) is 0 Å². The summed E-state index contributed by atoms with van der Waals surface area (Å²) < 4.78 is 31.1. The zero-order valence-corrected chi connectivity index (χ0v) is 8.42. The van der Waals surface area contributed by atoms with E-state index in [9.17, 15) is 8.78 Å². The highest BCUT2D eigenvalue weighted by atomic mass is 19.1. The first-order valence-corrected chi connectivity index (χ1v) is 4.59. The number of benzene rings is 1. The van der Waals surface area contributed by atoms with Crippen LogP contribution in [0.2, 0.25) is 0 Å². The summed E-state index contributed by atoms with van der Waals surface area (Å²) in [4.78, 5) is 1.75. The van der Waals surface area contributed by atoms with Gasteiger partial charge in [0.25, 0.3) is 0 Å². The molecule has 0 saturated carbocycles. The molecule has 2 aromatic rings. The molecule has 0 bridgehead atoms. The van der Waals surface area contributed by atoms with Gasteiger partial charge in [0.1, 0.15) is 5.82 Å². The minimum absolute atomic E-state index is 0.00769. The summed E-state index contributed by atoms with van der Waals surface area (Å²) in [6, 6.07) is 2.00. The molecule has 80 valence electrons. The highest BCUT2D eigenvalue weighted by Crippen LogP contribution is 2.28. The van der Waals surface area contributed by atoms with Crippen LogP contribution in [0.4, 0.5) is 14.6 Å². The summed E-state index contributed by atoms with van der Waals surface area (Å²) in [7, 11) is 1.78. The summed E-state index contributed by atoms with van der Waals surface area (Å²) in [5, 5.41) is 4.07. The fourth-order valence-corrected chi connectivity index (χ4v) is 1.38. The second-order valence-electron chi connectivity index (χ2n) is 3.28. The van der Waals surface area contributed by atoms with E-state index >= 15 is 0 Å². The van der Waals surface area contributed by atoms with Crippen molar-refractivity contribution in [2.75, 3.05) is 18.5 Å². The maximum Gasteiger partial charge on any atom is 0.204 e. The predicted molar refractivity (Wildman–Crippen MR) is 52.9 cm³/mol. The maximum atomic E-state index is 13.2. The molecular formula is C10H10F2N2O. The molecule has 15 heavy (non-hydrogen) atoms. The van der Waals surface area contributed by atoms with Crippen molar-refractivity contribution in [2.24, 2.45) is 0 Å². The van der Waals surface area contributed by atoms with E-state index in [0.29, 0.717) is 17.7 Å². The normalized spacial score (nSPS) is 10.9. The smallest absolute Gasteiger partial charge is 0.204 e. The number of aromatic nitrogens is 1. The van der Waals surface area contributed by atoms with Crippen LogP contribution in [-0.4, -0.2) is 18.7 Å². The lowest BCUT2D eigenvalue weighted by Crippen LogP contribution is -2.16. The Bertz CT molecular complexity index is 495. The second kappa shape index (κ2) is 3.49. The first-order valence-electron chi connectivity index (χ1n) is 4.59. The van der Waals surface area contributed by atoms with Gasteiger partial charge in [0.05, 0.1) is 5.39 Å². The van der Waals surface area contributed by atoms with Crippen LogP contribution in [0.15, 0.2) is 16.7 Å². The monoisotopic (exact) mass is 212 g/mol. The largest absolute Gasteiger partial charge is 0.357 e. The van der Waals surface area contributed by atoms with E-state index in [1.165, 1.54) is 6.07 Å². The van der Waals surface area contributed by atoms with Crippen LogP contribution in [0.1, 0.15) is 6.92 Å². The van der Waals surface area contributed by atoms with Gasteiger partial charge in [-0.1, -0.05) is 5.16 Å². The Hall–Kier alpha value is -1.65. The van der Waals surface area contributed by atoms with Crippen molar-refractivity contribution in [3.63, 3.8) is 0 Å². The average Bonchev–Trinajstić information content (AvgIpc) is 2.60. The Kier molecular flexibility index (Phi) is 2.30. The summed E-state index contributed by atoms with van der Waals surface area (Å²) in [6.45, 7) is 2.59. The lowest BCUT2D eigenvalue weighted by Gasteiger charge is -2.11. The van der Waals surface area contributed by atoms with Crippen LogP contribution >= 0.6 is 0 Å². The van der Waals surface area contributed by atoms with E-state index in [-0.39, 0.29) is 5.58 Å². The number of nitrogens with zero attached hydrogens (tertiary/aromatic N) is 2. The molecule has 0 unspecified atom stereocenters. The lowest BCUT2D eigenvalue weighted by molar-refractivity contribution is 0.439. The number of anilines is 1. The molecule has 0 N–H and O–H groups in total. The molecule has 1 heterocycles. The topological polar surface area (TPSA) is 29.3 Å². The molecule has 0 aliphatic rings. The van der Waals surface area contributed by atoms with E-state index in [2.05, 4.69) is 5.16 Å². The van der Waals surface area contributed by atoms with Gasteiger partial charge in [-0.15, -0.1) is 0 Å². The van der Waals surface area contributed by atoms with Crippen LogP contribution in [-0.2, 0) is 0 Å². The van der Waals surface area contributed by atoms with Gasteiger partial charge in [-0.05, 0) is 13.0 Å². The molecule has 0 saturated heterocycles. The van der Waals surface area contributed by atoms with Gasteiger partial charge < -0.3 is 9.42 Å². The van der Waals surface area contributed by atoms with Gasteiger partial charge in [-0.2, -0.15) is 0 Å². The summed E-state index contributed by atoms with van der Waals surface area (Å²) in [6.07, 6.45) is 0. The van der Waals surface area contributed by atoms with E-state index in [1.54, 1.807) is 11.9 Å². The van der Waals surface area contributed by atoms with Crippen LogP contribution in [0, 0.1) is 11.6 Å². The SMILES string of the molecule is CCN(C)c1noc2c(F)cc(F)cc12. The summed E-state index contributed by atoms with van der Waals surface area (Å²) >= 11 is 0. The lowest BCUT2D eigenvalue weighted by atomic mass is 10.2. The number of fused-ring (bicyclic) bond motifs is 1. The van der Waals surface area contributed by atoms with Gasteiger partial charge in [0, 0.05) is 19.7 Å². The molecule has 0 aliphatic carbocycles. The number of hydrogen-bond donors (Lipinski definition) is 0. The van der Waals surface area contributed by atoms with Crippen molar-refractivity contribution < 1.29 is 13.3 Å². The van der Waals surface area contributed by atoms with Gasteiger partial charge in [-0.25, -0.2) is 8.78 Å². The van der Waals surface area contributed by atoms with Crippen molar-refractivity contribution in [3.05, 3.63) is 23.8 Å². The molecule has 1 aromatic heterocycles. The minimum atomic E-state index is -0.728. The Morgan fingerprint density at radius 2 is 2.13 bits per heavy atom. The van der Waals surface area contributed by atoms with Crippen molar-refractivity contribution in [2.45, 2.75) is 6.92 Å². The molecule has 1 aromatic carbocycles. The molecule has 0 aliphatic heterocycles. The first-order chi connectivity index (χ1) is 7.13. The molecule has 3 nitrogen and oxygen atoms in total. The van der Waals surface area contributed by atoms with Crippen LogP contribution in [0.25, 0.3) is 11.0 Å². The third kappa shape index (κ3) is 1.54. The Balaban J connectivity index is 2.68. The van der Waals surface area contributed by atoms with Crippen LogP contribution in [0.3, 0.4) is 0 Å². The Labute approximate surface area is 85.3 Å². The molecule has 0 radical (unpaired) electrons. The summed E-state index contributed by atoms with van der Waals surface area (Å²) in [5.74, 6) is -0.909. The van der Waals surface area contributed by atoms with E-state index < -0.39 is 11.6 Å². The highest BCUT2D eigenvalue weighted by molar-refractivity contribution is 5.88. The first kappa shape index (κ1) is 9.89. The van der Waals surface area contributed by atoms with E-state index in [0.717, 1.165) is 6.07 Å². The zero-order valence-electron chi connectivity index (χ0n) is 8.42. The van der Waals surface area contributed by atoms with Gasteiger partial charge in [0.2, 0.25) is 5.58 Å². The molecule has 0 amide bonds. The van der Waals surface area contributed by atoms with Gasteiger partial charge in [0.15, 0.2) is 11.6 Å². The van der Waals surface area contributed by atoms with Crippen LogP contribution < -0.4 is 4.90 Å². The fraction of sp³-hybridized carbons (Fsp3) is 0.300. The second-order valence-corrected chi connectivity index (χ2v) is 3.28. The highest BCUT2D eigenvalue weighted by Gasteiger charge is 2.16. The predicted octanol–water partition coefficient (Wildman–Crippen LogP) is 2.56. The molecular weight excluding hydrogens is 202 g/mol. The Morgan fingerprint density at radius 3 is 2.80 bits per heavy atom. The molecule has 0 spiro atoms. The van der Waals surface area contributed by atoms with Crippen molar-refractivity contribution >= 4 is 16.8 Å². The average molecular weight is 212 g/mol. The fourth-order valence-electron chi connectivity index (χ4n) is 1.38. The summed E-state index contributed by atoms with van der Waals surface area (Å²) in [5.41, 5.74) is -0.00769. The maximum absolute atomic E-state index is 13.2. The Morgan fingerprint density at radius 1 is 1.40 bits per heavy atom.